The molecule has 110 valence electrons. The molecule has 20 heavy (non-hydrogen) atoms. The smallest absolute Gasteiger partial charge is 0.237 e. The third kappa shape index (κ3) is 2.90. The first-order valence-corrected chi connectivity index (χ1v) is 7.88. The molecule has 2 aliphatic rings. The molecule has 1 aromatic heterocycles. The van der Waals surface area contributed by atoms with Gasteiger partial charge >= 0.3 is 0 Å². The maximum absolute atomic E-state index is 12.3. The number of rotatable bonds is 3. The fourth-order valence-electron chi connectivity index (χ4n) is 3.68. The fourth-order valence-corrected chi connectivity index (χ4v) is 3.68. The van der Waals surface area contributed by atoms with Crippen LogP contribution in [0, 0.1) is 5.92 Å². The summed E-state index contributed by atoms with van der Waals surface area (Å²) in [4.78, 5) is 12.3. The van der Waals surface area contributed by atoms with E-state index in [1.807, 2.05) is 29.9 Å². The predicted molar refractivity (Wildman–Crippen MR) is 79.2 cm³/mol. The standard InChI is InChI=1S/C16H25N3O/c1-19-10-4-6-13(19)11-17-16(20)15-9-8-12-5-2-3-7-14(12)18-15/h4,6,10,12,14-15,18H,2-3,5,7-9,11H2,1H3,(H,17,20). The number of hydrogen-bond acceptors (Lipinski definition) is 2. The number of aryl methyl sites for hydroxylation is 1. The topological polar surface area (TPSA) is 46.1 Å². The van der Waals surface area contributed by atoms with E-state index in [1.165, 1.54) is 32.1 Å². The Kier molecular flexibility index (Phi) is 4.10. The van der Waals surface area contributed by atoms with Crippen LogP contribution in [-0.4, -0.2) is 22.6 Å². The highest BCUT2D eigenvalue weighted by molar-refractivity contribution is 5.81. The average molecular weight is 275 g/mol. The van der Waals surface area contributed by atoms with E-state index in [0.29, 0.717) is 12.6 Å². The number of piperidine rings is 1. The molecule has 1 saturated carbocycles. The molecule has 1 aliphatic heterocycles. The Morgan fingerprint density at radius 2 is 2.20 bits per heavy atom. The van der Waals surface area contributed by atoms with E-state index in [4.69, 9.17) is 0 Å². The quantitative estimate of drug-likeness (QED) is 0.885. The number of nitrogens with one attached hydrogen (secondary N) is 2. The molecule has 3 rings (SSSR count). The molecule has 1 aliphatic carbocycles. The van der Waals surface area contributed by atoms with Crippen molar-refractivity contribution in [3.05, 3.63) is 24.0 Å². The molecule has 0 spiro atoms. The number of amides is 1. The molecular weight excluding hydrogens is 250 g/mol. The van der Waals surface area contributed by atoms with Crippen molar-refractivity contribution in [2.75, 3.05) is 0 Å². The number of carbonyl (C=O) groups excluding carboxylic acids is 1. The van der Waals surface area contributed by atoms with Crippen molar-refractivity contribution in [2.45, 2.75) is 57.2 Å². The minimum atomic E-state index is 0.00891. The van der Waals surface area contributed by atoms with E-state index in [0.717, 1.165) is 18.0 Å². The fraction of sp³-hybridized carbons (Fsp3) is 0.688. The van der Waals surface area contributed by atoms with E-state index in [1.54, 1.807) is 0 Å². The minimum absolute atomic E-state index is 0.00891. The summed E-state index contributed by atoms with van der Waals surface area (Å²) in [5.74, 6) is 0.968. The van der Waals surface area contributed by atoms with Gasteiger partial charge in [0.25, 0.3) is 0 Å². The number of hydrogen-bond donors (Lipinski definition) is 2. The Morgan fingerprint density at radius 1 is 1.35 bits per heavy atom. The Labute approximate surface area is 120 Å². The summed E-state index contributed by atoms with van der Waals surface area (Å²) >= 11 is 0. The molecule has 3 unspecified atom stereocenters. The first-order valence-electron chi connectivity index (χ1n) is 7.88. The van der Waals surface area contributed by atoms with Crippen LogP contribution in [0.15, 0.2) is 18.3 Å². The maximum Gasteiger partial charge on any atom is 0.237 e. The zero-order valence-electron chi connectivity index (χ0n) is 12.3. The van der Waals surface area contributed by atoms with Gasteiger partial charge < -0.3 is 15.2 Å². The number of fused-ring (bicyclic) bond motifs is 1. The van der Waals surface area contributed by atoms with Crippen LogP contribution in [0.25, 0.3) is 0 Å². The van der Waals surface area contributed by atoms with E-state index in [-0.39, 0.29) is 11.9 Å². The highest BCUT2D eigenvalue weighted by Gasteiger charge is 2.34. The third-order valence-electron chi connectivity index (χ3n) is 4.96. The van der Waals surface area contributed by atoms with Gasteiger partial charge in [-0.1, -0.05) is 12.8 Å². The summed E-state index contributed by atoms with van der Waals surface area (Å²) in [5, 5.41) is 6.65. The van der Waals surface area contributed by atoms with Gasteiger partial charge in [-0.15, -0.1) is 0 Å². The van der Waals surface area contributed by atoms with E-state index in [2.05, 4.69) is 10.6 Å². The van der Waals surface area contributed by atoms with Crippen LogP contribution in [-0.2, 0) is 18.4 Å². The van der Waals surface area contributed by atoms with Gasteiger partial charge in [0, 0.05) is 25.0 Å². The van der Waals surface area contributed by atoms with E-state index >= 15 is 0 Å². The predicted octanol–water partition coefficient (Wildman–Crippen LogP) is 1.95. The van der Waals surface area contributed by atoms with Crippen LogP contribution >= 0.6 is 0 Å². The van der Waals surface area contributed by atoms with Gasteiger partial charge in [-0.25, -0.2) is 0 Å². The normalized spacial score (nSPS) is 29.8. The van der Waals surface area contributed by atoms with Crippen LogP contribution in [0.1, 0.15) is 44.2 Å². The highest BCUT2D eigenvalue weighted by atomic mass is 16.2. The summed E-state index contributed by atoms with van der Waals surface area (Å²) in [6.07, 6.45) is 9.47. The minimum Gasteiger partial charge on any atom is -0.353 e. The summed E-state index contributed by atoms with van der Waals surface area (Å²) in [5.41, 5.74) is 1.14. The molecule has 1 amide bonds. The largest absolute Gasteiger partial charge is 0.353 e. The molecule has 1 saturated heterocycles. The first kappa shape index (κ1) is 13.7. The van der Waals surface area contributed by atoms with Crippen molar-refractivity contribution in [3.8, 4) is 0 Å². The van der Waals surface area contributed by atoms with Crippen molar-refractivity contribution in [3.63, 3.8) is 0 Å². The molecular formula is C16H25N3O. The second kappa shape index (κ2) is 6.00. The van der Waals surface area contributed by atoms with Crippen LogP contribution < -0.4 is 10.6 Å². The summed E-state index contributed by atoms with van der Waals surface area (Å²) < 4.78 is 2.05. The Morgan fingerprint density at radius 3 is 3.00 bits per heavy atom. The molecule has 2 N–H and O–H groups in total. The van der Waals surface area contributed by atoms with Crippen molar-refractivity contribution in [1.82, 2.24) is 15.2 Å². The summed E-state index contributed by atoms with van der Waals surface area (Å²) in [6.45, 7) is 0.620. The molecule has 2 fully saturated rings. The molecule has 4 nitrogen and oxygen atoms in total. The van der Waals surface area contributed by atoms with Gasteiger partial charge in [-0.2, -0.15) is 0 Å². The maximum atomic E-state index is 12.3. The Bertz CT molecular complexity index is 468. The molecule has 0 radical (unpaired) electrons. The summed E-state index contributed by atoms with van der Waals surface area (Å²) in [7, 11) is 2.01. The number of carbonyl (C=O) groups is 1. The zero-order valence-corrected chi connectivity index (χ0v) is 12.3. The summed E-state index contributed by atoms with van der Waals surface area (Å²) in [6, 6.07) is 4.64. The van der Waals surface area contributed by atoms with Crippen molar-refractivity contribution in [2.24, 2.45) is 13.0 Å². The van der Waals surface area contributed by atoms with Crippen LogP contribution in [0.5, 0.6) is 0 Å². The van der Waals surface area contributed by atoms with Gasteiger partial charge in [0.2, 0.25) is 5.91 Å². The molecule has 3 atom stereocenters. The SMILES string of the molecule is Cn1cccc1CNC(=O)C1CCC2CCCCC2N1. The van der Waals surface area contributed by atoms with Crippen molar-refractivity contribution < 1.29 is 4.79 Å². The molecule has 1 aromatic rings. The average Bonchev–Trinajstić information content (AvgIpc) is 2.89. The third-order valence-corrected chi connectivity index (χ3v) is 4.96. The molecule has 4 heteroatoms. The lowest BCUT2D eigenvalue weighted by Crippen LogP contribution is -2.54. The lowest BCUT2D eigenvalue weighted by Gasteiger charge is -2.39. The van der Waals surface area contributed by atoms with Crippen molar-refractivity contribution in [1.29, 1.82) is 0 Å². The lowest BCUT2D eigenvalue weighted by molar-refractivity contribution is -0.124. The van der Waals surface area contributed by atoms with Gasteiger partial charge in [-0.05, 0) is 43.7 Å². The molecule has 2 heterocycles. The van der Waals surface area contributed by atoms with E-state index in [9.17, 15) is 4.79 Å². The Hall–Kier alpha value is -1.29. The highest BCUT2D eigenvalue weighted by Crippen LogP contribution is 2.32. The molecule has 0 aromatic carbocycles. The van der Waals surface area contributed by atoms with Crippen LogP contribution in [0.3, 0.4) is 0 Å². The number of nitrogens with zero attached hydrogens (tertiary/aromatic N) is 1. The first-order chi connectivity index (χ1) is 9.74. The lowest BCUT2D eigenvalue weighted by atomic mass is 9.77. The van der Waals surface area contributed by atoms with Crippen LogP contribution in [0.4, 0.5) is 0 Å². The van der Waals surface area contributed by atoms with Gasteiger partial charge in [0.05, 0.1) is 12.6 Å². The van der Waals surface area contributed by atoms with Gasteiger partial charge in [0.15, 0.2) is 0 Å². The second-order valence-electron chi connectivity index (χ2n) is 6.28. The second-order valence-corrected chi connectivity index (χ2v) is 6.28. The number of aromatic nitrogens is 1. The van der Waals surface area contributed by atoms with Gasteiger partial charge in [0.1, 0.15) is 0 Å². The zero-order chi connectivity index (χ0) is 13.9. The van der Waals surface area contributed by atoms with E-state index < -0.39 is 0 Å². The van der Waals surface area contributed by atoms with Crippen molar-refractivity contribution >= 4 is 5.91 Å². The van der Waals surface area contributed by atoms with Gasteiger partial charge in [-0.3, -0.25) is 4.79 Å². The molecule has 0 bridgehead atoms. The monoisotopic (exact) mass is 275 g/mol. The Balaban J connectivity index is 1.51. The van der Waals surface area contributed by atoms with Crippen LogP contribution in [0.2, 0.25) is 0 Å².